The second-order valence-electron chi connectivity index (χ2n) is 3.91. The van der Waals surface area contributed by atoms with Crippen molar-refractivity contribution in [2.75, 3.05) is 27.2 Å². The van der Waals surface area contributed by atoms with Gasteiger partial charge in [0.1, 0.15) is 12.4 Å². The molecular weight excluding hydrogens is 232 g/mol. The van der Waals surface area contributed by atoms with Gasteiger partial charge in [-0.25, -0.2) is 4.79 Å². The fourth-order valence-electron chi connectivity index (χ4n) is 1.52. The molecule has 0 aliphatic carbocycles. The number of hydrogen-bond acceptors (Lipinski definition) is 4. The molecule has 0 saturated heterocycles. The van der Waals surface area contributed by atoms with Crippen LogP contribution in [0.1, 0.15) is 11.1 Å². The molecule has 0 aliphatic heterocycles. The van der Waals surface area contributed by atoms with E-state index >= 15 is 0 Å². The van der Waals surface area contributed by atoms with E-state index in [9.17, 15) is 4.79 Å². The first-order valence-corrected chi connectivity index (χ1v) is 5.86. The van der Waals surface area contributed by atoms with Gasteiger partial charge in [-0.3, -0.25) is 0 Å². The third-order valence-corrected chi connectivity index (χ3v) is 2.47. The Kier molecular flexibility index (Phi) is 6.00. The molecule has 0 heterocycles. The number of nitrogens with one attached hydrogen (secondary N) is 2. The highest BCUT2D eigenvalue weighted by Crippen LogP contribution is 2.18. The normalized spacial score (nSPS) is 9.94. The number of benzene rings is 1. The van der Waals surface area contributed by atoms with Gasteiger partial charge in [0.05, 0.1) is 7.11 Å². The minimum atomic E-state index is -0.404. The zero-order chi connectivity index (χ0) is 13.4. The summed E-state index contributed by atoms with van der Waals surface area (Å²) in [5.41, 5.74) is 1.96. The van der Waals surface area contributed by atoms with E-state index in [2.05, 4.69) is 10.6 Å². The summed E-state index contributed by atoms with van der Waals surface area (Å²) in [7, 11) is 3.46. The molecule has 5 heteroatoms. The summed E-state index contributed by atoms with van der Waals surface area (Å²) in [5.74, 6) is 0.831. The summed E-state index contributed by atoms with van der Waals surface area (Å²) in [5, 5.41) is 5.58. The van der Waals surface area contributed by atoms with E-state index in [1.165, 1.54) is 0 Å². The molecule has 0 fully saturated rings. The first kappa shape index (κ1) is 14.3. The van der Waals surface area contributed by atoms with Crippen molar-refractivity contribution in [1.82, 2.24) is 10.6 Å². The van der Waals surface area contributed by atoms with Crippen LogP contribution in [0.25, 0.3) is 0 Å². The number of alkyl carbamates (subject to hydrolysis) is 1. The second-order valence-corrected chi connectivity index (χ2v) is 3.91. The zero-order valence-electron chi connectivity index (χ0n) is 11.1. The van der Waals surface area contributed by atoms with Gasteiger partial charge in [-0.05, 0) is 37.2 Å². The molecular formula is C13H20N2O3. The Morgan fingerprint density at radius 3 is 2.72 bits per heavy atom. The van der Waals surface area contributed by atoms with Gasteiger partial charge in [-0.1, -0.05) is 6.07 Å². The molecule has 1 aromatic rings. The Balaban J connectivity index is 2.39. The lowest BCUT2D eigenvalue weighted by atomic mass is 10.1. The van der Waals surface area contributed by atoms with E-state index in [1.54, 1.807) is 7.11 Å². The van der Waals surface area contributed by atoms with Crippen LogP contribution in [0.4, 0.5) is 4.79 Å². The Bertz CT molecular complexity index is 394. The molecule has 2 N–H and O–H groups in total. The third kappa shape index (κ3) is 4.63. The average Bonchev–Trinajstić information content (AvgIpc) is 2.37. The van der Waals surface area contributed by atoms with Crippen LogP contribution in [0.5, 0.6) is 5.75 Å². The maximum absolute atomic E-state index is 11.3. The molecule has 1 aromatic carbocycles. The van der Waals surface area contributed by atoms with Gasteiger partial charge in [0.2, 0.25) is 0 Å². The summed E-state index contributed by atoms with van der Waals surface area (Å²) < 4.78 is 10.2. The fourth-order valence-corrected chi connectivity index (χ4v) is 1.52. The van der Waals surface area contributed by atoms with E-state index < -0.39 is 6.09 Å². The van der Waals surface area contributed by atoms with Crippen molar-refractivity contribution < 1.29 is 14.3 Å². The molecule has 100 valence electrons. The van der Waals surface area contributed by atoms with Gasteiger partial charge in [0.25, 0.3) is 0 Å². The SMILES string of the molecule is CNCCNC(=O)OCc1ccc(OC)c(C)c1. The number of methoxy groups -OCH3 is 1. The summed E-state index contributed by atoms with van der Waals surface area (Å²) in [6.45, 7) is 3.49. The van der Waals surface area contributed by atoms with E-state index in [0.29, 0.717) is 6.54 Å². The fraction of sp³-hybridized carbons (Fsp3) is 0.462. The minimum Gasteiger partial charge on any atom is -0.496 e. The molecule has 0 atom stereocenters. The van der Waals surface area contributed by atoms with Gasteiger partial charge in [0, 0.05) is 13.1 Å². The molecule has 1 rings (SSSR count). The smallest absolute Gasteiger partial charge is 0.407 e. The van der Waals surface area contributed by atoms with E-state index in [0.717, 1.165) is 23.4 Å². The standard InChI is InChI=1S/C13H20N2O3/c1-10-8-11(4-5-12(10)17-3)9-18-13(16)15-7-6-14-2/h4-5,8,14H,6-7,9H2,1-3H3,(H,15,16). The van der Waals surface area contributed by atoms with Crippen LogP contribution in [-0.4, -0.2) is 33.3 Å². The van der Waals surface area contributed by atoms with Crippen LogP contribution >= 0.6 is 0 Å². The number of ether oxygens (including phenoxy) is 2. The van der Waals surface area contributed by atoms with Crippen LogP contribution in [0.3, 0.4) is 0 Å². The highest BCUT2D eigenvalue weighted by atomic mass is 16.5. The van der Waals surface area contributed by atoms with Gasteiger partial charge >= 0.3 is 6.09 Å². The van der Waals surface area contributed by atoms with Crippen molar-refractivity contribution in [1.29, 1.82) is 0 Å². The van der Waals surface area contributed by atoms with Crippen molar-refractivity contribution in [3.05, 3.63) is 29.3 Å². The molecule has 1 amide bonds. The molecule has 0 bridgehead atoms. The molecule has 5 nitrogen and oxygen atoms in total. The third-order valence-electron chi connectivity index (χ3n) is 2.47. The van der Waals surface area contributed by atoms with Gasteiger partial charge in [-0.2, -0.15) is 0 Å². The topological polar surface area (TPSA) is 59.6 Å². The average molecular weight is 252 g/mol. The number of carbonyl (C=O) groups excluding carboxylic acids is 1. The lowest BCUT2D eigenvalue weighted by molar-refractivity contribution is 0.140. The van der Waals surface area contributed by atoms with Crippen LogP contribution in [0.15, 0.2) is 18.2 Å². The first-order valence-electron chi connectivity index (χ1n) is 5.86. The van der Waals surface area contributed by atoms with Crippen molar-refractivity contribution >= 4 is 6.09 Å². The lowest BCUT2D eigenvalue weighted by Gasteiger charge is -2.09. The molecule has 0 aliphatic rings. The van der Waals surface area contributed by atoms with E-state index in [4.69, 9.17) is 9.47 Å². The van der Waals surface area contributed by atoms with Gasteiger partial charge in [-0.15, -0.1) is 0 Å². The predicted octanol–water partition coefficient (Wildman–Crippen LogP) is 1.45. The summed E-state index contributed by atoms with van der Waals surface area (Å²) >= 11 is 0. The molecule has 0 aromatic heterocycles. The maximum Gasteiger partial charge on any atom is 0.407 e. The lowest BCUT2D eigenvalue weighted by Crippen LogP contribution is -2.30. The van der Waals surface area contributed by atoms with Crippen LogP contribution in [0.2, 0.25) is 0 Å². The molecule has 0 spiro atoms. The Hall–Kier alpha value is -1.75. The van der Waals surface area contributed by atoms with Crippen molar-refractivity contribution in [3.8, 4) is 5.75 Å². The van der Waals surface area contributed by atoms with Gasteiger partial charge in [0.15, 0.2) is 0 Å². The molecule has 0 radical (unpaired) electrons. The maximum atomic E-state index is 11.3. The largest absolute Gasteiger partial charge is 0.496 e. The number of carbonyl (C=O) groups is 1. The number of likely N-dealkylation sites (N-methyl/N-ethyl adjacent to an activating group) is 1. The Labute approximate surface area is 107 Å². The molecule has 0 saturated carbocycles. The number of amides is 1. The highest BCUT2D eigenvalue weighted by molar-refractivity contribution is 5.67. The predicted molar refractivity (Wildman–Crippen MR) is 69.8 cm³/mol. The summed E-state index contributed by atoms with van der Waals surface area (Å²) in [6, 6.07) is 5.69. The van der Waals surface area contributed by atoms with Crippen LogP contribution < -0.4 is 15.4 Å². The van der Waals surface area contributed by atoms with Crippen LogP contribution in [-0.2, 0) is 11.3 Å². The summed E-state index contributed by atoms with van der Waals surface area (Å²) in [4.78, 5) is 11.3. The monoisotopic (exact) mass is 252 g/mol. The van der Waals surface area contributed by atoms with Gasteiger partial charge < -0.3 is 20.1 Å². The van der Waals surface area contributed by atoms with Crippen LogP contribution in [0, 0.1) is 6.92 Å². The minimum absolute atomic E-state index is 0.260. The molecule has 18 heavy (non-hydrogen) atoms. The van der Waals surface area contributed by atoms with Crippen molar-refractivity contribution in [3.63, 3.8) is 0 Å². The zero-order valence-corrected chi connectivity index (χ0v) is 11.1. The van der Waals surface area contributed by atoms with Crippen molar-refractivity contribution in [2.24, 2.45) is 0 Å². The van der Waals surface area contributed by atoms with Crippen molar-refractivity contribution in [2.45, 2.75) is 13.5 Å². The highest BCUT2D eigenvalue weighted by Gasteiger charge is 2.03. The van der Waals surface area contributed by atoms with E-state index in [-0.39, 0.29) is 6.61 Å². The van der Waals surface area contributed by atoms with E-state index in [1.807, 2.05) is 32.2 Å². The first-order chi connectivity index (χ1) is 8.67. The quantitative estimate of drug-likeness (QED) is 0.752. The number of rotatable bonds is 6. The molecule has 0 unspecified atom stereocenters. The Morgan fingerprint density at radius 1 is 1.33 bits per heavy atom. The second kappa shape index (κ2) is 7.55. The Morgan fingerprint density at radius 2 is 2.11 bits per heavy atom. The number of hydrogen-bond donors (Lipinski definition) is 2. The summed E-state index contributed by atoms with van der Waals surface area (Å²) in [6.07, 6.45) is -0.404. The number of aryl methyl sites for hydroxylation is 1.